The number of ether oxygens (including phenoxy) is 2. The highest BCUT2D eigenvalue weighted by Crippen LogP contribution is 2.19. The number of hydrogen-bond acceptors (Lipinski definition) is 6. The Labute approximate surface area is 147 Å². The van der Waals surface area contributed by atoms with Crippen molar-refractivity contribution in [3.05, 3.63) is 29.8 Å². The monoisotopic (exact) mass is 369 g/mol. The first-order chi connectivity index (χ1) is 11.7. The van der Waals surface area contributed by atoms with Crippen LogP contribution in [0, 0.1) is 0 Å². The highest BCUT2D eigenvalue weighted by Gasteiger charge is 2.34. The van der Waals surface area contributed by atoms with E-state index >= 15 is 0 Å². The summed E-state index contributed by atoms with van der Waals surface area (Å²) in [4.78, 5) is 25.5. The number of rotatable bonds is 6. The van der Waals surface area contributed by atoms with E-state index in [9.17, 15) is 18.0 Å². The summed E-state index contributed by atoms with van der Waals surface area (Å²) in [5, 5.41) is 0. The van der Waals surface area contributed by atoms with Crippen LogP contribution >= 0.6 is 0 Å². The number of benzene rings is 1. The van der Waals surface area contributed by atoms with E-state index in [1.54, 1.807) is 45.2 Å². The van der Waals surface area contributed by atoms with Crippen molar-refractivity contribution >= 4 is 21.7 Å². The Morgan fingerprint density at radius 2 is 1.92 bits per heavy atom. The molecule has 0 saturated carbocycles. The van der Waals surface area contributed by atoms with E-state index in [1.807, 2.05) is 0 Å². The van der Waals surface area contributed by atoms with E-state index in [0.717, 1.165) is 0 Å². The normalized spacial score (nSPS) is 19.9. The molecule has 1 aromatic rings. The molecule has 0 aliphatic carbocycles. The Kier molecular flexibility index (Phi) is 6.05. The lowest BCUT2D eigenvalue weighted by Crippen LogP contribution is -2.44. The zero-order valence-electron chi connectivity index (χ0n) is 14.6. The Bertz CT molecular complexity index is 728. The molecule has 1 fully saturated rings. The summed E-state index contributed by atoms with van der Waals surface area (Å²) in [6, 6.07) is 6.01. The lowest BCUT2D eigenvalue weighted by Gasteiger charge is -2.26. The number of carbonyl (C=O) groups is 2. The van der Waals surface area contributed by atoms with Crippen molar-refractivity contribution in [2.45, 2.75) is 32.4 Å². The SMILES string of the molecule is CCOC(=O)c1ccc(OC(C)C(=O)N(C)C2CCS(=O)(=O)C2)cc1. The van der Waals surface area contributed by atoms with Crippen molar-refractivity contribution in [3.63, 3.8) is 0 Å². The summed E-state index contributed by atoms with van der Waals surface area (Å²) >= 11 is 0. The van der Waals surface area contributed by atoms with Crippen LogP contribution in [0.15, 0.2) is 24.3 Å². The highest BCUT2D eigenvalue weighted by molar-refractivity contribution is 7.91. The van der Waals surface area contributed by atoms with Crippen molar-refractivity contribution in [3.8, 4) is 5.75 Å². The fourth-order valence-corrected chi connectivity index (χ4v) is 4.46. The van der Waals surface area contributed by atoms with Crippen molar-refractivity contribution in [2.75, 3.05) is 25.2 Å². The van der Waals surface area contributed by atoms with E-state index in [1.165, 1.54) is 4.90 Å². The fourth-order valence-electron chi connectivity index (χ4n) is 2.69. The Morgan fingerprint density at radius 1 is 1.28 bits per heavy atom. The first-order valence-electron chi connectivity index (χ1n) is 8.14. The van der Waals surface area contributed by atoms with E-state index < -0.39 is 21.9 Å². The number of amides is 1. The molecule has 2 unspecified atom stereocenters. The van der Waals surface area contributed by atoms with Gasteiger partial charge in [-0.2, -0.15) is 0 Å². The topological polar surface area (TPSA) is 90.0 Å². The molecular weight excluding hydrogens is 346 g/mol. The fraction of sp³-hybridized carbons (Fsp3) is 0.529. The second kappa shape index (κ2) is 7.86. The van der Waals surface area contributed by atoms with Crippen LogP contribution in [0.3, 0.4) is 0 Å². The summed E-state index contributed by atoms with van der Waals surface area (Å²) in [6.07, 6.45) is -0.312. The van der Waals surface area contributed by atoms with E-state index in [2.05, 4.69) is 0 Å². The van der Waals surface area contributed by atoms with Gasteiger partial charge in [0.25, 0.3) is 5.91 Å². The highest BCUT2D eigenvalue weighted by atomic mass is 32.2. The number of hydrogen-bond donors (Lipinski definition) is 0. The minimum Gasteiger partial charge on any atom is -0.481 e. The molecule has 1 aliphatic rings. The second-order valence-corrected chi connectivity index (χ2v) is 8.24. The molecule has 1 amide bonds. The van der Waals surface area contributed by atoms with Gasteiger partial charge in [-0.25, -0.2) is 13.2 Å². The van der Waals surface area contributed by atoms with Gasteiger partial charge in [-0.1, -0.05) is 0 Å². The molecule has 1 saturated heterocycles. The molecule has 7 nitrogen and oxygen atoms in total. The zero-order valence-corrected chi connectivity index (χ0v) is 15.4. The summed E-state index contributed by atoms with van der Waals surface area (Å²) in [5.41, 5.74) is 0.404. The molecule has 2 atom stereocenters. The molecule has 1 aliphatic heterocycles. The van der Waals surface area contributed by atoms with Crippen molar-refractivity contribution in [2.24, 2.45) is 0 Å². The summed E-state index contributed by atoms with van der Waals surface area (Å²) in [7, 11) is -1.46. The average Bonchev–Trinajstić information content (AvgIpc) is 2.94. The van der Waals surface area contributed by atoms with Crippen LogP contribution in [-0.2, 0) is 19.4 Å². The maximum Gasteiger partial charge on any atom is 0.338 e. The first kappa shape index (κ1) is 19.2. The first-order valence-corrected chi connectivity index (χ1v) is 9.96. The molecule has 138 valence electrons. The average molecular weight is 369 g/mol. The molecule has 8 heteroatoms. The van der Waals surface area contributed by atoms with Gasteiger partial charge in [-0.15, -0.1) is 0 Å². The van der Waals surface area contributed by atoms with Crippen molar-refractivity contribution in [1.82, 2.24) is 4.90 Å². The Balaban J connectivity index is 1.95. The van der Waals surface area contributed by atoms with E-state index in [4.69, 9.17) is 9.47 Å². The number of likely N-dealkylation sites (N-methyl/N-ethyl adjacent to an activating group) is 1. The van der Waals surface area contributed by atoms with Crippen molar-refractivity contribution < 1.29 is 27.5 Å². The Morgan fingerprint density at radius 3 is 2.44 bits per heavy atom. The number of esters is 1. The summed E-state index contributed by atoms with van der Waals surface area (Å²) < 4.78 is 33.6. The van der Waals surface area contributed by atoms with Crippen LogP contribution in [0.5, 0.6) is 5.75 Å². The van der Waals surface area contributed by atoms with Gasteiger partial charge in [0.15, 0.2) is 15.9 Å². The molecule has 0 radical (unpaired) electrons. The van der Waals surface area contributed by atoms with Gasteiger partial charge in [0.1, 0.15) is 5.75 Å². The van der Waals surface area contributed by atoms with Gasteiger partial charge in [0, 0.05) is 13.1 Å². The maximum absolute atomic E-state index is 12.4. The van der Waals surface area contributed by atoms with Crippen LogP contribution in [0.1, 0.15) is 30.6 Å². The predicted octanol–water partition coefficient (Wildman–Crippen LogP) is 1.28. The summed E-state index contributed by atoms with van der Waals surface area (Å²) in [5.74, 6) is -0.144. The number of sulfone groups is 1. The number of carbonyl (C=O) groups excluding carboxylic acids is 2. The van der Waals surface area contributed by atoms with Gasteiger partial charge in [-0.3, -0.25) is 4.79 Å². The van der Waals surface area contributed by atoms with Gasteiger partial charge in [0.05, 0.1) is 23.7 Å². The quantitative estimate of drug-likeness (QED) is 0.702. The zero-order chi connectivity index (χ0) is 18.6. The number of nitrogens with zero attached hydrogens (tertiary/aromatic N) is 1. The van der Waals surface area contributed by atoms with Crippen molar-refractivity contribution in [1.29, 1.82) is 0 Å². The molecule has 2 rings (SSSR count). The molecule has 0 bridgehead atoms. The third kappa shape index (κ3) is 4.94. The lowest BCUT2D eigenvalue weighted by molar-refractivity contribution is -0.138. The van der Waals surface area contributed by atoms with Crippen LogP contribution in [0.2, 0.25) is 0 Å². The molecule has 0 aromatic heterocycles. The Hall–Kier alpha value is -2.09. The third-order valence-electron chi connectivity index (χ3n) is 4.13. The molecule has 25 heavy (non-hydrogen) atoms. The second-order valence-electron chi connectivity index (χ2n) is 6.01. The van der Waals surface area contributed by atoms with Gasteiger partial charge in [-0.05, 0) is 44.5 Å². The minimum atomic E-state index is -3.05. The lowest BCUT2D eigenvalue weighted by atomic mass is 10.2. The third-order valence-corrected chi connectivity index (χ3v) is 5.88. The van der Waals surface area contributed by atoms with Crippen LogP contribution in [-0.4, -0.2) is 62.5 Å². The molecule has 1 aromatic carbocycles. The molecule has 1 heterocycles. The minimum absolute atomic E-state index is 0.00377. The van der Waals surface area contributed by atoms with Gasteiger partial charge in [0.2, 0.25) is 0 Å². The van der Waals surface area contributed by atoms with E-state index in [0.29, 0.717) is 24.3 Å². The van der Waals surface area contributed by atoms with Gasteiger partial charge < -0.3 is 14.4 Å². The molecule has 0 N–H and O–H groups in total. The van der Waals surface area contributed by atoms with E-state index in [-0.39, 0.29) is 23.5 Å². The largest absolute Gasteiger partial charge is 0.481 e. The summed E-state index contributed by atoms with van der Waals surface area (Å²) in [6.45, 7) is 3.64. The molecular formula is C17H23NO6S. The maximum atomic E-state index is 12.4. The van der Waals surface area contributed by atoms with Crippen LogP contribution in [0.25, 0.3) is 0 Å². The predicted molar refractivity (Wildman–Crippen MR) is 92.3 cm³/mol. The van der Waals surface area contributed by atoms with Crippen LogP contribution in [0.4, 0.5) is 0 Å². The van der Waals surface area contributed by atoms with Gasteiger partial charge >= 0.3 is 5.97 Å². The smallest absolute Gasteiger partial charge is 0.338 e. The van der Waals surface area contributed by atoms with Crippen LogP contribution < -0.4 is 4.74 Å². The molecule has 0 spiro atoms. The standard InChI is InChI=1S/C17H23NO6S/c1-4-23-17(20)13-5-7-15(8-6-13)24-12(2)16(19)18(3)14-9-10-25(21,22)11-14/h5-8,12,14H,4,9-11H2,1-3H3.